The molecule has 0 unspecified atom stereocenters. The Morgan fingerprint density at radius 1 is 0.769 bits per heavy atom. The van der Waals surface area contributed by atoms with Crippen LogP contribution >= 0.6 is 7.26 Å². The Bertz CT molecular complexity index is 762. The minimum Gasteiger partial charge on any atom is -0.466 e. The largest absolute Gasteiger partial charge is 0.466 e. The number of hydrogen-bond donors (Lipinski definition) is 0. The number of ether oxygens (including phenoxy) is 1. The summed E-state index contributed by atoms with van der Waals surface area (Å²) >= 11 is 0. The molecule has 2 nitrogen and oxygen atoms in total. The summed E-state index contributed by atoms with van der Waals surface area (Å²) in [5.41, 5.74) is 0. The van der Waals surface area contributed by atoms with Gasteiger partial charge in [-0.3, -0.25) is 0 Å². The lowest BCUT2D eigenvalue weighted by atomic mass is 10.4. The highest BCUT2D eigenvalue weighted by atomic mass is 31.2. The maximum absolute atomic E-state index is 11.6. The van der Waals surface area contributed by atoms with Crippen molar-refractivity contribution in [2.24, 2.45) is 0 Å². The van der Waals surface area contributed by atoms with Gasteiger partial charge >= 0.3 is 5.97 Å². The van der Waals surface area contributed by atoms with Gasteiger partial charge in [0.25, 0.3) is 0 Å². The molecule has 0 spiro atoms. The van der Waals surface area contributed by atoms with E-state index in [0.29, 0.717) is 0 Å². The standard InChI is InChI=1S/C23H22O2P/c1-25-23(24)18-11-19-26(20-12-5-2-6-13-20,21-14-7-3-8-15-21)22-16-9-4-10-17-22/h2-18H,19H2,1H3/q+1/b18-11+. The molecule has 0 aromatic heterocycles. The van der Waals surface area contributed by atoms with Gasteiger partial charge in [0.2, 0.25) is 0 Å². The molecule has 0 heterocycles. The fourth-order valence-corrected chi connectivity index (χ4v) is 7.18. The van der Waals surface area contributed by atoms with Crippen molar-refractivity contribution in [3.8, 4) is 0 Å². The number of hydrogen-bond acceptors (Lipinski definition) is 2. The molecule has 3 heteroatoms. The van der Waals surface area contributed by atoms with Gasteiger partial charge < -0.3 is 4.74 Å². The van der Waals surface area contributed by atoms with Gasteiger partial charge in [-0.2, -0.15) is 0 Å². The van der Waals surface area contributed by atoms with Gasteiger partial charge in [0.15, 0.2) is 0 Å². The summed E-state index contributed by atoms with van der Waals surface area (Å²) in [6, 6.07) is 31.8. The Morgan fingerprint density at radius 2 is 1.15 bits per heavy atom. The van der Waals surface area contributed by atoms with E-state index < -0.39 is 7.26 Å². The van der Waals surface area contributed by atoms with Crippen LogP contribution in [-0.4, -0.2) is 19.2 Å². The van der Waals surface area contributed by atoms with Crippen molar-refractivity contribution in [2.45, 2.75) is 0 Å². The summed E-state index contributed by atoms with van der Waals surface area (Å²) in [5.74, 6) is -0.322. The average molecular weight is 361 g/mol. The molecule has 0 aliphatic heterocycles. The lowest BCUT2D eigenvalue weighted by molar-refractivity contribution is -0.134. The van der Waals surface area contributed by atoms with E-state index in [2.05, 4.69) is 72.8 Å². The van der Waals surface area contributed by atoms with Gasteiger partial charge in [0.1, 0.15) is 23.2 Å². The van der Waals surface area contributed by atoms with Crippen molar-refractivity contribution in [3.63, 3.8) is 0 Å². The first-order valence-electron chi connectivity index (χ1n) is 8.57. The zero-order chi connectivity index (χ0) is 18.2. The third-order valence-corrected chi connectivity index (χ3v) is 8.72. The molecule has 0 N–H and O–H groups in total. The molecule has 0 bridgehead atoms. The second-order valence-corrected chi connectivity index (χ2v) is 9.46. The molecule has 0 fully saturated rings. The molecule has 3 aromatic carbocycles. The molecule has 0 aliphatic rings. The van der Waals surface area contributed by atoms with E-state index in [0.717, 1.165) is 6.16 Å². The number of carbonyl (C=O) groups excluding carboxylic acids is 1. The fraction of sp³-hybridized carbons (Fsp3) is 0.0870. The lowest BCUT2D eigenvalue weighted by Crippen LogP contribution is -2.32. The number of esters is 1. The van der Waals surface area contributed by atoms with Gasteiger partial charge in [0, 0.05) is 6.08 Å². The van der Waals surface area contributed by atoms with Crippen molar-refractivity contribution in [2.75, 3.05) is 13.3 Å². The zero-order valence-corrected chi connectivity index (χ0v) is 15.7. The first kappa shape index (κ1) is 18.1. The highest BCUT2D eigenvalue weighted by molar-refractivity contribution is 7.95. The molecule has 0 amide bonds. The monoisotopic (exact) mass is 361 g/mol. The molecule has 0 aliphatic carbocycles. The van der Waals surface area contributed by atoms with Gasteiger partial charge in [-0.25, -0.2) is 4.79 Å². The third kappa shape index (κ3) is 3.76. The maximum Gasteiger partial charge on any atom is 0.330 e. The highest BCUT2D eigenvalue weighted by Gasteiger charge is 2.44. The van der Waals surface area contributed by atoms with E-state index in [1.165, 1.54) is 29.1 Å². The van der Waals surface area contributed by atoms with Crippen LogP contribution in [0.1, 0.15) is 0 Å². The molecule has 0 saturated carbocycles. The van der Waals surface area contributed by atoms with E-state index in [1.54, 1.807) is 0 Å². The number of methoxy groups -OCH3 is 1. The quantitative estimate of drug-likeness (QED) is 0.380. The van der Waals surface area contributed by atoms with Crippen LogP contribution in [0, 0.1) is 0 Å². The number of carbonyl (C=O) groups is 1. The van der Waals surface area contributed by atoms with Crippen molar-refractivity contribution in [3.05, 3.63) is 103 Å². The van der Waals surface area contributed by atoms with Crippen molar-refractivity contribution < 1.29 is 9.53 Å². The van der Waals surface area contributed by atoms with Crippen LogP contribution in [0.15, 0.2) is 103 Å². The van der Waals surface area contributed by atoms with Gasteiger partial charge in [0.05, 0.1) is 13.3 Å². The summed E-state index contributed by atoms with van der Waals surface area (Å²) in [6.07, 6.45) is 4.25. The first-order valence-corrected chi connectivity index (χ1v) is 10.5. The van der Waals surface area contributed by atoms with Gasteiger partial charge in [-0.15, -0.1) is 0 Å². The van der Waals surface area contributed by atoms with Crippen molar-refractivity contribution >= 4 is 29.1 Å². The Labute approximate surface area is 155 Å². The predicted octanol–water partition coefficient (Wildman–Crippen LogP) is 3.71. The maximum atomic E-state index is 11.6. The van der Waals surface area contributed by atoms with Crippen LogP contribution in [0.3, 0.4) is 0 Å². The van der Waals surface area contributed by atoms with Crippen LogP contribution in [0.2, 0.25) is 0 Å². The lowest BCUT2D eigenvalue weighted by Gasteiger charge is -2.26. The van der Waals surface area contributed by atoms with Crippen LogP contribution in [-0.2, 0) is 9.53 Å². The van der Waals surface area contributed by atoms with E-state index in [-0.39, 0.29) is 5.97 Å². The number of rotatable bonds is 6. The molecule has 3 rings (SSSR count). The molecular formula is C23H22O2P+. The van der Waals surface area contributed by atoms with Crippen LogP contribution in [0.25, 0.3) is 0 Å². The molecule has 0 radical (unpaired) electrons. The topological polar surface area (TPSA) is 26.3 Å². The number of allylic oxidation sites excluding steroid dienone is 1. The third-order valence-electron chi connectivity index (χ3n) is 4.43. The SMILES string of the molecule is COC(=O)/C=C/C[P+](c1ccccc1)(c1ccccc1)c1ccccc1. The first-order chi connectivity index (χ1) is 12.8. The number of benzene rings is 3. The molecule has 26 heavy (non-hydrogen) atoms. The minimum atomic E-state index is -1.91. The molecule has 0 saturated heterocycles. The van der Waals surface area contributed by atoms with Crippen LogP contribution < -0.4 is 15.9 Å². The van der Waals surface area contributed by atoms with Crippen LogP contribution in [0.4, 0.5) is 0 Å². The Balaban J connectivity index is 2.21. The molecule has 130 valence electrons. The van der Waals surface area contributed by atoms with E-state index in [9.17, 15) is 4.79 Å². The summed E-state index contributed by atoms with van der Waals surface area (Å²) < 4.78 is 4.77. The predicted molar refractivity (Wildman–Crippen MR) is 111 cm³/mol. The highest BCUT2D eigenvalue weighted by Crippen LogP contribution is 2.55. The van der Waals surface area contributed by atoms with E-state index >= 15 is 0 Å². The Hall–Kier alpha value is -2.70. The van der Waals surface area contributed by atoms with Crippen LogP contribution in [0.5, 0.6) is 0 Å². The molecule has 3 aromatic rings. The van der Waals surface area contributed by atoms with Gasteiger partial charge in [-0.1, -0.05) is 54.6 Å². The minimum absolute atomic E-state index is 0.322. The van der Waals surface area contributed by atoms with E-state index in [4.69, 9.17) is 4.74 Å². The van der Waals surface area contributed by atoms with E-state index in [1.807, 2.05) is 24.3 Å². The second-order valence-electron chi connectivity index (χ2n) is 5.92. The summed E-state index contributed by atoms with van der Waals surface area (Å²) in [5, 5.41) is 3.89. The molecular weight excluding hydrogens is 339 g/mol. The Kier molecular flexibility index (Phi) is 5.99. The Morgan fingerprint density at radius 3 is 1.50 bits per heavy atom. The summed E-state index contributed by atoms with van der Waals surface area (Å²) in [7, 11) is -0.511. The van der Waals surface area contributed by atoms with Crippen molar-refractivity contribution in [1.29, 1.82) is 0 Å². The average Bonchev–Trinajstić information content (AvgIpc) is 2.73. The summed E-state index contributed by atoms with van der Waals surface area (Å²) in [6.45, 7) is 0. The van der Waals surface area contributed by atoms with Crippen molar-refractivity contribution in [1.82, 2.24) is 0 Å². The second kappa shape index (κ2) is 8.60. The van der Waals surface area contributed by atoms with Gasteiger partial charge in [-0.05, 0) is 42.5 Å². The normalized spacial score (nSPS) is 11.4. The molecule has 0 atom stereocenters. The smallest absolute Gasteiger partial charge is 0.330 e. The fourth-order valence-electron chi connectivity index (χ4n) is 3.19. The zero-order valence-electron chi connectivity index (χ0n) is 14.8. The summed E-state index contributed by atoms with van der Waals surface area (Å²) in [4.78, 5) is 11.6.